The highest BCUT2D eigenvalue weighted by molar-refractivity contribution is 5.75. The number of hydrogen-bond acceptors (Lipinski definition) is 2. The lowest BCUT2D eigenvalue weighted by Gasteiger charge is -2.33. The maximum absolute atomic E-state index is 14.8. The predicted octanol–water partition coefficient (Wildman–Crippen LogP) is 3.11. The molecule has 3 heteroatoms. The SMILES string of the molecule is CC(F)(c1cccc(C=O)c1)C1CCCOC1. The van der Waals surface area contributed by atoms with Crippen LogP contribution in [0.4, 0.5) is 4.39 Å². The number of carbonyl (C=O) groups excluding carboxylic acids is 1. The van der Waals surface area contributed by atoms with Gasteiger partial charge >= 0.3 is 0 Å². The van der Waals surface area contributed by atoms with Gasteiger partial charge < -0.3 is 4.74 Å². The minimum atomic E-state index is -1.43. The number of hydrogen-bond donors (Lipinski definition) is 0. The molecule has 92 valence electrons. The molecule has 0 saturated carbocycles. The van der Waals surface area contributed by atoms with Crippen LogP contribution in [0, 0.1) is 5.92 Å². The van der Waals surface area contributed by atoms with Gasteiger partial charge in [-0.1, -0.05) is 18.2 Å². The van der Waals surface area contributed by atoms with Gasteiger partial charge in [0.25, 0.3) is 0 Å². The number of aldehydes is 1. The first kappa shape index (κ1) is 12.2. The molecule has 0 bridgehead atoms. The fourth-order valence-corrected chi connectivity index (χ4v) is 2.32. The van der Waals surface area contributed by atoms with Crippen LogP contribution >= 0.6 is 0 Å². The molecule has 0 N–H and O–H groups in total. The van der Waals surface area contributed by atoms with Crippen molar-refractivity contribution in [2.45, 2.75) is 25.4 Å². The molecule has 1 aliphatic rings. The number of alkyl halides is 1. The van der Waals surface area contributed by atoms with E-state index in [0.29, 0.717) is 17.7 Å². The zero-order valence-corrected chi connectivity index (χ0v) is 9.99. The van der Waals surface area contributed by atoms with E-state index >= 15 is 0 Å². The number of benzene rings is 1. The molecule has 1 aromatic carbocycles. The molecule has 0 amide bonds. The van der Waals surface area contributed by atoms with E-state index in [1.807, 2.05) is 0 Å². The average Bonchev–Trinajstić information content (AvgIpc) is 2.40. The summed E-state index contributed by atoms with van der Waals surface area (Å²) in [5, 5.41) is 0. The second kappa shape index (κ2) is 4.96. The zero-order chi connectivity index (χ0) is 12.3. The molecule has 1 aliphatic heterocycles. The first-order valence-electron chi connectivity index (χ1n) is 5.97. The Morgan fingerprint density at radius 2 is 2.35 bits per heavy atom. The van der Waals surface area contributed by atoms with E-state index in [-0.39, 0.29) is 5.92 Å². The lowest BCUT2D eigenvalue weighted by atomic mass is 9.81. The maximum Gasteiger partial charge on any atom is 0.150 e. The van der Waals surface area contributed by atoms with Gasteiger partial charge in [0.2, 0.25) is 0 Å². The summed E-state index contributed by atoms with van der Waals surface area (Å²) in [4.78, 5) is 10.7. The highest BCUT2D eigenvalue weighted by atomic mass is 19.1. The van der Waals surface area contributed by atoms with Crippen LogP contribution in [0.15, 0.2) is 24.3 Å². The molecule has 1 heterocycles. The van der Waals surface area contributed by atoms with Gasteiger partial charge in [0.15, 0.2) is 0 Å². The molecule has 0 aromatic heterocycles. The largest absolute Gasteiger partial charge is 0.381 e. The van der Waals surface area contributed by atoms with E-state index in [1.165, 1.54) is 0 Å². The summed E-state index contributed by atoms with van der Waals surface area (Å²) >= 11 is 0. The molecule has 2 unspecified atom stereocenters. The second-order valence-electron chi connectivity index (χ2n) is 4.73. The van der Waals surface area contributed by atoms with E-state index in [1.54, 1.807) is 31.2 Å². The Balaban J connectivity index is 2.25. The summed E-state index contributed by atoms with van der Waals surface area (Å²) < 4.78 is 20.2. The minimum absolute atomic E-state index is 0.127. The standard InChI is InChI=1S/C14H17FO2/c1-14(15,13-6-3-7-17-10-13)12-5-2-4-11(8-12)9-16/h2,4-5,8-9,13H,3,6-7,10H2,1H3. The van der Waals surface area contributed by atoms with Crippen molar-refractivity contribution < 1.29 is 13.9 Å². The van der Waals surface area contributed by atoms with Gasteiger partial charge in [-0.3, -0.25) is 4.79 Å². The van der Waals surface area contributed by atoms with Crippen molar-refractivity contribution in [3.05, 3.63) is 35.4 Å². The van der Waals surface area contributed by atoms with Gasteiger partial charge in [-0.25, -0.2) is 4.39 Å². The second-order valence-corrected chi connectivity index (χ2v) is 4.73. The van der Waals surface area contributed by atoms with Crippen molar-refractivity contribution in [3.8, 4) is 0 Å². The topological polar surface area (TPSA) is 26.3 Å². The van der Waals surface area contributed by atoms with Crippen molar-refractivity contribution in [3.63, 3.8) is 0 Å². The monoisotopic (exact) mass is 236 g/mol. The average molecular weight is 236 g/mol. The van der Waals surface area contributed by atoms with E-state index in [4.69, 9.17) is 4.74 Å². The highest BCUT2D eigenvalue weighted by Gasteiger charge is 2.37. The molecule has 2 nitrogen and oxygen atoms in total. The van der Waals surface area contributed by atoms with Crippen molar-refractivity contribution in [1.82, 2.24) is 0 Å². The van der Waals surface area contributed by atoms with Crippen LogP contribution in [0.1, 0.15) is 35.7 Å². The lowest BCUT2D eigenvalue weighted by molar-refractivity contribution is -0.0232. The third-order valence-electron chi connectivity index (χ3n) is 3.51. The van der Waals surface area contributed by atoms with Crippen molar-refractivity contribution in [2.24, 2.45) is 5.92 Å². The Bertz CT molecular complexity index is 395. The zero-order valence-electron chi connectivity index (χ0n) is 9.99. The van der Waals surface area contributed by atoms with Crippen molar-refractivity contribution in [2.75, 3.05) is 13.2 Å². The summed E-state index contributed by atoms with van der Waals surface area (Å²) in [6.07, 6.45) is 2.48. The van der Waals surface area contributed by atoms with Crippen molar-refractivity contribution >= 4 is 6.29 Å². The van der Waals surface area contributed by atoms with E-state index in [9.17, 15) is 9.18 Å². The Morgan fingerprint density at radius 3 is 3.00 bits per heavy atom. The first-order chi connectivity index (χ1) is 8.14. The quantitative estimate of drug-likeness (QED) is 0.754. The minimum Gasteiger partial charge on any atom is -0.381 e. The smallest absolute Gasteiger partial charge is 0.150 e. The Hall–Kier alpha value is -1.22. The molecule has 0 spiro atoms. The van der Waals surface area contributed by atoms with Crippen LogP contribution in [0.5, 0.6) is 0 Å². The number of carbonyl (C=O) groups is 1. The fourth-order valence-electron chi connectivity index (χ4n) is 2.32. The summed E-state index contributed by atoms with van der Waals surface area (Å²) in [6.45, 7) is 2.76. The molecule has 1 saturated heterocycles. The van der Waals surface area contributed by atoms with Gasteiger partial charge in [-0.05, 0) is 31.4 Å². The van der Waals surface area contributed by atoms with Gasteiger partial charge in [-0.2, -0.15) is 0 Å². The van der Waals surface area contributed by atoms with Crippen LogP contribution in [0.25, 0.3) is 0 Å². The first-order valence-corrected chi connectivity index (χ1v) is 5.97. The molecule has 0 radical (unpaired) electrons. The Labute approximate surface area is 101 Å². The third kappa shape index (κ3) is 2.55. The molecular formula is C14H17FO2. The number of halogens is 1. The molecule has 17 heavy (non-hydrogen) atoms. The number of rotatable bonds is 3. The van der Waals surface area contributed by atoms with Crippen LogP contribution in [0.3, 0.4) is 0 Å². The molecule has 0 aliphatic carbocycles. The Morgan fingerprint density at radius 1 is 1.53 bits per heavy atom. The van der Waals surface area contributed by atoms with Crippen LogP contribution in [-0.2, 0) is 10.4 Å². The maximum atomic E-state index is 14.8. The summed E-state index contributed by atoms with van der Waals surface area (Å²) in [7, 11) is 0. The predicted molar refractivity (Wildman–Crippen MR) is 63.8 cm³/mol. The van der Waals surface area contributed by atoms with Crippen molar-refractivity contribution in [1.29, 1.82) is 0 Å². The third-order valence-corrected chi connectivity index (χ3v) is 3.51. The summed E-state index contributed by atoms with van der Waals surface area (Å²) in [5.74, 6) is -0.127. The molecule has 2 atom stereocenters. The molecule has 2 rings (SSSR count). The lowest BCUT2D eigenvalue weighted by Crippen LogP contribution is -2.34. The van der Waals surface area contributed by atoms with Crippen LogP contribution < -0.4 is 0 Å². The summed E-state index contributed by atoms with van der Waals surface area (Å²) in [5.41, 5.74) is -0.347. The molecular weight excluding hydrogens is 219 g/mol. The van der Waals surface area contributed by atoms with Gasteiger partial charge in [0, 0.05) is 18.1 Å². The van der Waals surface area contributed by atoms with Gasteiger partial charge in [0.05, 0.1) is 6.61 Å². The summed E-state index contributed by atoms with van der Waals surface area (Å²) in [6, 6.07) is 6.77. The van der Waals surface area contributed by atoms with Crippen LogP contribution in [0.2, 0.25) is 0 Å². The van der Waals surface area contributed by atoms with Crippen LogP contribution in [-0.4, -0.2) is 19.5 Å². The van der Waals surface area contributed by atoms with E-state index in [2.05, 4.69) is 0 Å². The van der Waals surface area contributed by atoms with Gasteiger partial charge in [-0.15, -0.1) is 0 Å². The van der Waals surface area contributed by atoms with E-state index < -0.39 is 5.67 Å². The molecule has 1 aromatic rings. The molecule has 1 fully saturated rings. The highest BCUT2D eigenvalue weighted by Crippen LogP contribution is 2.38. The fraction of sp³-hybridized carbons (Fsp3) is 0.500. The van der Waals surface area contributed by atoms with E-state index in [0.717, 1.165) is 25.7 Å². The Kier molecular flexibility index (Phi) is 3.57. The normalized spacial score (nSPS) is 24.0. The number of ether oxygens (including phenoxy) is 1. The van der Waals surface area contributed by atoms with Gasteiger partial charge in [0.1, 0.15) is 12.0 Å².